The third kappa shape index (κ3) is 6.77. The van der Waals surface area contributed by atoms with Crippen molar-refractivity contribution in [3.05, 3.63) is 42.7 Å². The Hall–Kier alpha value is -1.61. The van der Waals surface area contributed by atoms with E-state index in [1.54, 1.807) is 24.2 Å². The van der Waals surface area contributed by atoms with Crippen molar-refractivity contribution < 1.29 is 4.79 Å². The van der Waals surface area contributed by atoms with Gasteiger partial charge in [-0.3, -0.25) is 9.69 Å². The van der Waals surface area contributed by atoms with Crippen LogP contribution in [0.3, 0.4) is 0 Å². The Labute approximate surface area is 175 Å². The summed E-state index contributed by atoms with van der Waals surface area (Å²) in [5, 5.41) is 4.65. The topological polar surface area (TPSA) is 61.4 Å². The molecule has 0 spiro atoms. The first kappa shape index (κ1) is 21.1. The van der Waals surface area contributed by atoms with Crippen molar-refractivity contribution in [2.24, 2.45) is 0 Å². The minimum atomic E-state index is 0.0403. The highest BCUT2D eigenvalue weighted by molar-refractivity contribution is 8.02. The van der Waals surface area contributed by atoms with Crippen LogP contribution >= 0.6 is 23.5 Å². The summed E-state index contributed by atoms with van der Waals surface area (Å²) in [5.41, 5.74) is 0. The average molecular weight is 418 g/mol. The molecule has 2 aromatic rings. The van der Waals surface area contributed by atoms with Crippen LogP contribution in [-0.2, 0) is 4.79 Å². The molecule has 1 amide bonds. The van der Waals surface area contributed by atoms with Gasteiger partial charge in [0.05, 0.1) is 5.75 Å². The number of aromatic nitrogens is 2. The van der Waals surface area contributed by atoms with E-state index in [1.165, 1.54) is 11.8 Å². The van der Waals surface area contributed by atoms with Crippen molar-refractivity contribution in [3.8, 4) is 0 Å². The van der Waals surface area contributed by atoms with Gasteiger partial charge in [-0.25, -0.2) is 9.97 Å². The van der Waals surface area contributed by atoms with Gasteiger partial charge in [0.15, 0.2) is 0 Å². The number of carbonyl (C=O) groups is 1. The molecule has 1 aromatic carbocycles. The summed E-state index contributed by atoms with van der Waals surface area (Å²) in [5.74, 6) is 0.392. The van der Waals surface area contributed by atoms with Gasteiger partial charge in [0.1, 0.15) is 10.1 Å². The predicted octanol–water partition coefficient (Wildman–Crippen LogP) is 2.47. The van der Waals surface area contributed by atoms with Crippen molar-refractivity contribution in [2.75, 3.05) is 51.6 Å². The van der Waals surface area contributed by atoms with E-state index in [-0.39, 0.29) is 5.91 Å². The molecule has 0 unspecified atom stereocenters. The number of hydrogen-bond donors (Lipinski definition) is 1. The van der Waals surface area contributed by atoms with Gasteiger partial charge >= 0.3 is 0 Å². The zero-order valence-electron chi connectivity index (χ0n) is 16.2. The minimum absolute atomic E-state index is 0.0403. The van der Waals surface area contributed by atoms with E-state index in [0.29, 0.717) is 12.3 Å². The normalized spacial score (nSPS) is 15.5. The fraction of sp³-hybridized carbons (Fsp3) is 0.450. The number of piperazine rings is 1. The predicted molar refractivity (Wildman–Crippen MR) is 115 cm³/mol. The molecule has 1 aromatic heterocycles. The van der Waals surface area contributed by atoms with Crippen LogP contribution in [0.5, 0.6) is 0 Å². The lowest BCUT2D eigenvalue weighted by Gasteiger charge is -2.33. The van der Waals surface area contributed by atoms with Crippen LogP contribution in [-0.4, -0.2) is 77.2 Å². The van der Waals surface area contributed by atoms with Crippen molar-refractivity contribution in [1.29, 1.82) is 0 Å². The van der Waals surface area contributed by atoms with E-state index in [0.717, 1.165) is 54.2 Å². The van der Waals surface area contributed by atoms with Crippen molar-refractivity contribution in [3.63, 3.8) is 0 Å². The fourth-order valence-electron chi connectivity index (χ4n) is 2.95. The molecule has 3 rings (SSSR count). The van der Waals surface area contributed by atoms with Gasteiger partial charge in [-0.05, 0) is 18.7 Å². The van der Waals surface area contributed by atoms with E-state index in [2.05, 4.69) is 32.0 Å². The Morgan fingerprint density at radius 1 is 1.04 bits per heavy atom. The fourth-order valence-corrected chi connectivity index (χ4v) is 4.70. The Morgan fingerprint density at radius 3 is 2.43 bits per heavy atom. The number of hydrogen-bond acceptors (Lipinski definition) is 7. The number of carbonyl (C=O) groups excluding carboxylic acids is 1. The highest BCUT2D eigenvalue weighted by Gasteiger charge is 2.15. The van der Waals surface area contributed by atoms with Gasteiger partial charge in [-0.15, -0.1) is 0 Å². The third-order valence-electron chi connectivity index (χ3n) is 4.59. The van der Waals surface area contributed by atoms with E-state index in [1.807, 2.05) is 30.3 Å². The smallest absolute Gasteiger partial charge is 0.230 e. The molecule has 0 bridgehead atoms. The monoisotopic (exact) mass is 417 g/mol. The van der Waals surface area contributed by atoms with Crippen LogP contribution in [0.25, 0.3) is 0 Å². The molecule has 0 saturated carbocycles. The molecule has 2 heterocycles. The van der Waals surface area contributed by atoms with Gasteiger partial charge in [0.25, 0.3) is 0 Å². The second-order valence-electron chi connectivity index (χ2n) is 6.50. The maximum absolute atomic E-state index is 12.2. The number of likely N-dealkylation sites (N-methyl/N-ethyl adjacent to an activating group) is 1. The van der Waals surface area contributed by atoms with Crippen molar-refractivity contribution >= 4 is 29.4 Å². The molecule has 1 aliphatic rings. The Balaban J connectivity index is 1.40. The molecule has 1 fully saturated rings. The zero-order valence-corrected chi connectivity index (χ0v) is 17.8. The molecule has 8 heteroatoms. The first-order valence-corrected chi connectivity index (χ1v) is 11.4. The standard InChI is InChI=1S/C20H27N5OS2/c1-2-24-12-14-25(15-13-24)11-10-21-18(26)16-27-19-20(23-9-8-22-19)28-17-6-4-3-5-7-17/h3-9H,2,10-16H2,1H3,(H,21,26). The van der Waals surface area contributed by atoms with E-state index in [9.17, 15) is 4.79 Å². The first-order chi connectivity index (χ1) is 13.7. The highest BCUT2D eigenvalue weighted by Crippen LogP contribution is 2.32. The Morgan fingerprint density at radius 2 is 1.71 bits per heavy atom. The molecule has 6 nitrogen and oxygen atoms in total. The van der Waals surface area contributed by atoms with Crippen LogP contribution in [0.1, 0.15) is 6.92 Å². The summed E-state index contributed by atoms with van der Waals surface area (Å²) >= 11 is 3.00. The average Bonchev–Trinajstić information content (AvgIpc) is 2.74. The van der Waals surface area contributed by atoms with Crippen molar-refractivity contribution in [2.45, 2.75) is 21.9 Å². The molecule has 1 N–H and O–H groups in total. The number of benzene rings is 1. The second kappa shape index (κ2) is 11.4. The summed E-state index contributed by atoms with van der Waals surface area (Å²) in [7, 11) is 0. The quantitative estimate of drug-likeness (QED) is 0.629. The van der Waals surface area contributed by atoms with E-state index >= 15 is 0 Å². The highest BCUT2D eigenvalue weighted by atomic mass is 32.2. The molecular weight excluding hydrogens is 390 g/mol. The SMILES string of the molecule is CCN1CCN(CCNC(=O)CSc2nccnc2Sc2ccccc2)CC1. The molecule has 1 aliphatic heterocycles. The van der Waals surface area contributed by atoms with Gasteiger partial charge in [-0.2, -0.15) is 0 Å². The lowest BCUT2D eigenvalue weighted by Crippen LogP contribution is -2.48. The molecule has 0 aliphatic carbocycles. The van der Waals surface area contributed by atoms with Crippen molar-refractivity contribution in [1.82, 2.24) is 25.1 Å². The summed E-state index contributed by atoms with van der Waals surface area (Å²) in [6.07, 6.45) is 3.36. The van der Waals surface area contributed by atoms with Crippen LogP contribution in [0.2, 0.25) is 0 Å². The Bertz CT molecular complexity index is 738. The van der Waals surface area contributed by atoms with Crippen LogP contribution in [0.15, 0.2) is 57.7 Å². The van der Waals surface area contributed by atoms with Crippen LogP contribution in [0.4, 0.5) is 0 Å². The van der Waals surface area contributed by atoms with Gasteiger partial charge in [-0.1, -0.05) is 48.6 Å². The van der Waals surface area contributed by atoms with E-state index < -0.39 is 0 Å². The summed E-state index contributed by atoms with van der Waals surface area (Å²) in [4.78, 5) is 27.0. The Kier molecular flexibility index (Phi) is 8.60. The first-order valence-electron chi connectivity index (χ1n) is 9.62. The molecule has 1 saturated heterocycles. The summed E-state index contributed by atoms with van der Waals surface area (Å²) in [6.45, 7) is 9.33. The van der Waals surface area contributed by atoms with Gasteiger partial charge in [0.2, 0.25) is 5.91 Å². The maximum Gasteiger partial charge on any atom is 0.230 e. The number of nitrogens with zero attached hydrogens (tertiary/aromatic N) is 4. The van der Waals surface area contributed by atoms with Crippen LogP contribution < -0.4 is 5.32 Å². The molecule has 0 atom stereocenters. The van der Waals surface area contributed by atoms with Crippen LogP contribution in [0, 0.1) is 0 Å². The second-order valence-corrected chi connectivity index (χ2v) is 8.52. The van der Waals surface area contributed by atoms with Gasteiger partial charge in [0, 0.05) is 56.6 Å². The number of rotatable bonds is 9. The van der Waals surface area contributed by atoms with E-state index in [4.69, 9.17) is 0 Å². The lowest BCUT2D eigenvalue weighted by molar-refractivity contribution is -0.118. The molecule has 0 radical (unpaired) electrons. The molecule has 150 valence electrons. The maximum atomic E-state index is 12.2. The number of nitrogens with one attached hydrogen (secondary N) is 1. The molecular formula is C20H27N5OS2. The number of thioether (sulfide) groups is 1. The molecule has 28 heavy (non-hydrogen) atoms. The minimum Gasteiger partial charge on any atom is -0.354 e. The summed E-state index contributed by atoms with van der Waals surface area (Å²) < 4.78 is 0. The largest absolute Gasteiger partial charge is 0.354 e. The summed E-state index contributed by atoms with van der Waals surface area (Å²) in [6, 6.07) is 10.1. The number of amides is 1. The third-order valence-corrected chi connectivity index (χ3v) is 6.70. The van der Waals surface area contributed by atoms with Gasteiger partial charge < -0.3 is 10.2 Å². The zero-order chi connectivity index (χ0) is 19.6. The lowest BCUT2D eigenvalue weighted by atomic mass is 10.3.